The van der Waals surface area contributed by atoms with Crippen molar-refractivity contribution in [3.8, 4) is 0 Å². The van der Waals surface area contributed by atoms with E-state index in [1.165, 1.54) is 15.5 Å². The molecule has 0 spiro atoms. The van der Waals surface area contributed by atoms with Crippen LogP contribution in [-0.2, 0) is 0 Å². The van der Waals surface area contributed by atoms with E-state index < -0.39 is 0 Å². The van der Waals surface area contributed by atoms with Crippen LogP contribution in [0.5, 0.6) is 0 Å². The predicted octanol–water partition coefficient (Wildman–Crippen LogP) is 5.16. The summed E-state index contributed by atoms with van der Waals surface area (Å²) in [5.41, 5.74) is 3.08. The zero-order chi connectivity index (χ0) is 20.1. The summed E-state index contributed by atoms with van der Waals surface area (Å²) < 4.78 is 0. The minimum Gasteiger partial charge on any atom is -0.352 e. The molecule has 0 bridgehead atoms. The van der Waals surface area contributed by atoms with Gasteiger partial charge in [-0.3, -0.25) is 4.79 Å². The normalized spacial score (nSPS) is 13.8. The number of hydrogen-bond donors (Lipinski definition) is 1. The Labute approximate surface area is 173 Å². The zero-order valence-corrected chi connectivity index (χ0v) is 18.2. The predicted molar refractivity (Wildman–Crippen MR) is 119 cm³/mol. The first-order valence-corrected chi connectivity index (χ1v) is 11.0. The summed E-state index contributed by atoms with van der Waals surface area (Å²) in [5, 5.41) is 3.04. The van der Waals surface area contributed by atoms with Crippen molar-refractivity contribution in [2.45, 2.75) is 49.4 Å². The van der Waals surface area contributed by atoms with Crippen molar-refractivity contribution in [3.63, 3.8) is 0 Å². The number of para-hydroxylation sites is 1. The van der Waals surface area contributed by atoms with Crippen molar-refractivity contribution in [2.75, 3.05) is 31.6 Å². The fourth-order valence-electron chi connectivity index (χ4n) is 3.54. The third-order valence-corrected chi connectivity index (χ3v) is 6.33. The number of nitrogens with one attached hydrogen (secondary N) is 1. The van der Waals surface area contributed by atoms with E-state index in [1.54, 1.807) is 11.8 Å². The molecular weight excluding hydrogens is 366 g/mol. The van der Waals surface area contributed by atoms with Gasteiger partial charge in [0.05, 0.1) is 11.4 Å². The van der Waals surface area contributed by atoms with Gasteiger partial charge in [-0.1, -0.05) is 44.2 Å². The van der Waals surface area contributed by atoms with Gasteiger partial charge in [-0.25, -0.2) is 0 Å². The van der Waals surface area contributed by atoms with Crippen molar-refractivity contribution in [1.29, 1.82) is 0 Å². The minimum absolute atomic E-state index is 0.0124. The summed E-state index contributed by atoms with van der Waals surface area (Å²) in [4.78, 5) is 19.8. The molecule has 1 atom stereocenters. The van der Waals surface area contributed by atoms with E-state index in [1.807, 2.05) is 6.07 Å². The molecule has 5 heteroatoms. The van der Waals surface area contributed by atoms with Crippen LogP contribution in [0.2, 0.25) is 0 Å². The van der Waals surface area contributed by atoms with Crippen molar-refractivity contribution in [3.05, 3.63) is 48.0 Å². The van der Waals surface area contributed by atoms with Crippen LogP contribution < -0.4 is 10.2 Å². The number of likely N-dealkylation sites (N-methyl/N-ethyl adjacent to an activating group) is 1. The van der Waals surface area contributed by atoms with Crippen molar-refractivity contribution in [1.82, 2.24) is 10.2 Å². The van der Waals surface area contributed by atoms with E-state index >= 15 is 0 Å². The number of unbranched alkanes of at least 4 members (excludes halogenated alkanes) is 1. The van der Waals surface area contributed by atoms with Crippen LogP contribution in [0.4, 0.5) is 11.4 Å². The van der Waals surface area contributed by atoms with Gasteiger partial charge in [0.2, 0.25) is 0 Å². The maximum Gasteiger partial charge on any atom is 0.251 e. The monoisotopic (exact) mass is 397 g/mol. The lowest BCUT2D eigenvalue weighted by atomic mass is 10.1. The molecule has 3 rings (SSSR count). The molecule has 1 aliphatic heterocycles. The molecule has 0 saturated carbocycles. The van der Waals surface area contributed by atoms with E-state index in [-0.39, 0.29) is 5.91 Å². The Balaban J connectivity index is 1.95. The second-order valence-electron chi connectivity index (χ2n) is 7.44. The Kier molecular flexibility index (Phi) is 7.03. The number of nitrogens with zero attached hydrogens (tertiary/aromatic N) is 2. The smallest absolute Gasteiger partial charge is 0.251 e. The third-order valence-electron chi connectivity index (χ3n) is 5.20. The molecule has 0 aliphatic carbocycles. The Bertz CT molecular complexity index is 823. The molecule has 2 aromatic rings. The molecule has 0 unspecified atom stereocenters. The SMILES string of the molecule is CCCCNC(=O)c1ccc2c(c1)N([C@H](C)CN(C)CC)c1ccccc1S2. The fraction of sp³-hybridized carbons (Fsp3) is 0.435. The van der Waals surface area contributed by atoms with Crippen LogP contribution in [0, 0.1) is 0 Å². The molecule has 2 aromatic carbocycles. The number of rotatable bonds is 8. The van der Waals surface area contributed by atoms with Gasteiger partial charge >= 0.3 is 0 Å². The van der Waals surface area contributed by atoms with Gasteiger partial charge in [-0.2, -0.15) is 0 Å². The Morgan fingerprint density at radius 2 is 1.89 bits per heavy atom. The second-order valence-corrected chi connectivity index (χ2v) is 8.52. The lowest BCUT2D eigenvalue weighted by Gasteiger charge is -2.38. The average Bonchev–Trinajstić information content (AvgIpc) is 2.71. The number of carbonyl (C=O) groups excluding carboxylic acids is 1. The standard InChI is InChI=1S/C23H31N3OS/c1-5-7-14-24-23(27)18-12-13-22-20(15-18)26(17(3)16-25(4)6-2)19-10-8-9-11-21(19)28-22/h8-13,15,17H,5-7,14,16H2,1-4H3,(H,24,27)/t17-/m1/s1. The first kappa shape index (κ1) is 20.7. The fourth-order valence-corrected chi connectivity index (χ4v) is 4.59. The van der Waals surface area contributed by atoms with E-state index in [0.29, 0.717) is 6.04 Å². The van der Waals surface area contributed by atoms with Gasteiger partial charge in [0.1, 0.15) is 0 Å². The molecular formula is C23H31N3OS. The summed E-state index contributed by atoms with van der Waals surface area (Å²) >= 11 is 1.78. The van der Waals surface area contributed by atoms with Crippen LogP contribution in [0.15, 0.2) is 52.3 Å². The van der Waals surface area contributed by atoms with Crippen LogP contribution in [0.3, 0.4) is 0 Å². The Hall–Kier alpha value is -1.98. The third kappa shape index (κ3) is 4.53. The first-order valence-electron chi connectivity index (χ1n) is 10.2. The molecule has 150 valence electrons. The summed E-state index contributed by atoms with van der Waals surface area (Å²) in [6.07, 6.45) is 2.08. The minimum atomic E-state index is 0.0124. The topological polar surface area (TPSA) is 35.6 Å². The van der Waals surface area contributed by atoms with E-state index in [9.17, 15) is 4.79 Å². The van der Waals surface area contributed by atoms with Crippen LogP contribution in [-0.4, -0.2) is 43.5 Å². The number of anilines is 2. The molecule has 0 fully saturated rings. The maximum atomic E-state index is 12.6. The molecule has 1 N–H and O–H groups in total. The van der Waals surface area contributed by atoms with E-state index in [0.717, 1.165) is 43.7 Å². The number of benzene rings is 2. The second kappa shape index (κ2) is 9.48. The van der Waals surface area contributed by atoms with Gasteiger partial charge in [0.25, 0.3) is 5.91 Å². The molecule has 1 aliphatic rings. The lowest BCUT2D eigenvalue weighted by molar-refractivity contribution is 0.0953. The molecule has 1 heterocycles. The Morgan fingerprint density at radius 3 is 2.64 bits per heavy atom. The molecule has 28 heavy (non-hydrogen) atoms. The highest BCUT2D eigenvalue weighted by Gasteiger charge is 2.28. The van der Waals surface area contributed by atoms with Crippen LogP contribution >= 0.6 is 11.8 Å². The van der Waals surface area contributed by atoms with E-state index in [4.69, 9.17) is 0 Å². The van der Waals surface area contributed by atoms with E-state index in [2.05, 4.69) is 79.3 Å². The molecule has 0 aromatic heterocycles. The van der Waals surface area contributed by atoms with Gasteiger partial charge < -0.3 is 15.1 Å². The van der Waals surface area contributed by atoms with Crippen LogP contribution in [0.25, 0.3) is 0 Å². The summed E-state index contributed by atoms with van der Waals surface area (Å²) in [6.45, 7) is 9.27. The lowest BCUT2D eigenvalue weighted by Crippen LogP contribution is -2.39. The van der Waals surface area contributed by atoms with Crippen molar-refractivity contribution in [2.24, 2.45) is 0 Å². The molecule has 4 nitrogen and oxygen atoms in total. The largest absolute Gasteiger partial charge is 0.352 e. The number of amides is 1. The van der Waals surface area contributed by atoms with Crippen molar-refractivity contribution >= 4 is 29.0 Å². The highest BCUT2D eigenvalue weighted by Crippen LogP contribution is 2.49. The molecule has 1 amide bonds. The highest BCUT2D eigenvalue weighted by molar-refractivity contribution is 7.99. The van der Waals surface area contributed by atoms with Gasteiger partial charge in [0, 0.05) is 34.5 Å². The summed E-state index contributed by atoms with van der Waals surface area (Å²) in [6, 6.07) is 14.9. The summed E-state index contributed by atoms with van der Waals surface area (Å²) in [5.74, 6) is 0.0124. The quantitative estimate of drug-likeness (QED) is 0.624. The molecule has 0 radical (unpaired) electrons. The van der Waals surface area contributed by atoms with Gasteiger partial charge in [-0.05, 0) is 57.3 Å². The number of fused-ring (bicyclic) bond motifs is 2. The number of carbonyl (C=O) groups is 1. The highest BCUT2D eigenvalue weighted by atomic mass is 32.2. The summed E-state index contributed by atoms with van der Waals surface area (Å²) in [7, 11) is 2.15. The maximum absolute atomic E-state index is 12.6. The average molecular weight is 398 g/mol. The van der Waals surface area contributed by atoms with Crippen molar-refractivity contribution < 1.29 is 4.79 Å². The van der Waals surface area contributed by atoms with Gasteiger partial charge in [0.15, 0.2) is 0 Å². The van der Waals surface area contributed by atoms with Gasteiger partial charge in [-0.15, -0.1) is 0 Å². The van der Waals surface area contributed by atoms with Crippen LogP contribution in [0.1, 0.15) is 44.0 Å². The number of hydrogen-bond acceptors (Lipinski definition) is 4. The first-order chi connectivity index (χ1) is 13.5. The Morgan fingerprint density at radius 1 is 1.14 bits per heavy atom. The zero-order valence-electron chi connectivity index (χ0n) is 17.4. The molecule has 0 saturated heterocycles.